The van der Waals surface area contributed by atoms with Crippen molar-refractivity contribution in [3.8, 4) is 11.8 Å². The molecule has 0 aromatic heterocycles. The molecule has 2 aromatic carbocycles. The molecule has 2 amide bonds. The topological polar surface area (TPSA) is 85.2 Å². The van der Waals surface area contributed by atoms with E-state index in [1.165, 1.54) is 19.3 Å². The largest absolute Gasteiger partial charge is 0.508 e. The lowest BCUT2D eigenvalue weighted by Gasteiger charge is -2.39. The van der Waals surface area contributed by atoms with Gasteiger partial charge in [-0.1, -0.05) is 18.6 Å². The van der Waals surface area contributed by atoms with Gasteiger partial charge in [0.05, 0.1) is 5.57 Å². The summed E-state index contributed by atoms with van der Waals surface area (Å²) in [5.74, 6) is 1.08. The lowest BCUT2D eigenvalue weighted by molar-refractivity contribution is 0.246. The highest BCUT2D eigenvalue weighted by Gasteiger charge is 2.36. The van der Waals surface area contributed by atoms with Crippen LogP contribution in [0, 0.1) is 23.2 Å². The van der Waals surface area contributed by atoms with Crippen LogP contribution in [0.15, 0.2) is 42.5 Å². The number of hydrogen-bond donors (Lipinski definition) is 3. The number of phenolic OH excluding ortho intramolecular Hbond substituents is 1. The van der Waals surface area contributed by atoms with Crippen LogP contribution in [0.2, 0.25) is 0 Å². The number of aromatic hydroxyl groups is 1. The average Bonchev–Trinajstić information content (AvgIpc) is 2.65. The Labute approximate surface area is 177 Å². The Morgan fingerprint density at radius 1 is 1.17 bits per heavy atom. The van der Waals surface area contributed by atoms with E-state index in [-0.39, 0.29) is 23.7 Å². The smallest absolute Gasteiger partial charge is 0.319 e. The predicted molar refractivity (Wildman–Crippen MR) is 119 cm³/mol. The van der Waals surface area contributed by atoms with Crippen LogP contribution in [-0.4, -0.2) is 17.2 Å². The summed E-state index contributed by atoms with van der Waals surface area (Å²) in [4.78, 5) is 12.0. The zero-order chi connectivity index (χ0) is 21.3. The Morgan fingerprint density at radius 2 is 1.90 bits per heavy atom. The predicted octanol–water partition coefficient (Wildman–Crippen LogP) is 5.33. The Morgan fingerprint density at radius 3 is 2.50 bits per heavy atom. The van der Waals surface area contributed by atoms with Gasteiger partial charge in [-0.25, -0.2) is 4.79 Å². The van der Waals surface area contributed by atoms with Gasteiger partial charge in [0.25, 0.3) is 0 Å². The summed E-state index contributed by atoms with van der Waals surface area (Å²) in [6, 6.07) is 15.4. The van der Waals surface area contributed by atoms with Crippen molar-refractivity contribution in [2.45, 2.75) is 45.6 Å². The van der Waals surface area contributed by atoms with Crippen molar-refractivity contribution in [2.24, 2.45) is 11.8 Å². The van der Waals surface area contributed by atoms with Crippen LogP contribution in [0.1, 0.15) is 49.8 Å². The van der Waals surface area contributed by atoms with Gasteiger partial charge in [-0.05, 0) is 97.5 Å². The second-order valence-electron chi connectivity index (χ2n) is 8.57. The molecule has 1 unspecified atom stereocenters. The van der Waals surface area contributed by atoms with Crippen LogP contribution in [0.3, 0.4) is 0 Å². The standard InChI is InChI=1S/C25H27N3O2/c1-15(2)27-25(30)28-19-8-6-17(7-9-19)24-22(16-4-3-5-16)13-18-12-20(29)10-11-21(18)23(24)14-26/h6-12,15-16,22,29H,3-5,13H2,1-2H3,(H2,27,28,30). The number of allylic oxidation sites excluding steroid dienone is 2. The highest BCUT2D eigenvalue weighted by Crippen LogP contribution is 2.49. The molecule has 0 saturated heterocycles. The van der Waals surface area contributed by atoms with Crippen molar-refractivity contribution in [1.29, 1.82) is 5.26 Å². The van der Waals surface area contributed by atoms with Crippen LogP contribution in [0.4, 0.5) is 10.5 Å². The summed E-state index contributed by atoms with van der Waals surface area (Å²) in [7, 11) is 0. The van der Waals surface area contributed by atoms with E-state index in [4.69, 9.17) is 0 Å². The van der Waals surface area contributed by atoms with E-state index in [9.17, 15) is 15.2 Å². The summed E-state index contributed by atoms with van der Waals surface area (Å²) in [6.07, 6.45) is 4.43. The molecule has 2 aliphatic rings. The number of phenols is 1. The maximum Gasteiger partial charge on any atom is 0.319 e. The van der Waals surface area contributed by atoms with Gasteiger partial charge in [0.1, 0.15) is 11.8 Å². The van der Waals surface area contributed by atoms with Gasteiger partial charge in [-0.3, -0.25) is 0 Å². The van der Waals surface area contributed by atoms with Crippen LogP contribution in [-0.2, 0) is 6.42 Å². The van der Waals surface area contributed by atoms with Crippen LogP contribution < -0.4 is 10.6 Å². The SMILES string of the molecule is CC(C)NC(=O)Nc1ccc(C2=C(C#N)c3ccc(O)cc3CC2C2CCC2)cc1. The molecule has 5 nitrogen and oxygen atoms in total. The summed E-state index contributed by atoms with van der Waals surface area (Å²) >= 11 is 0. The normalized spacial score (nSPS) is 18.4. The van der Waals surface area contributed by atoms with Crippen LogP contribution >= 0.6 is 0 Å². The van der Waals surface area contributed by atoms with E-state index in [1.807, 2.05) is 44.2 Å². The Kier molecular flexibility index (Phi) is 5.50. The number of anilines is 1. The van der Waals surface area contributed by atoms with E-state index in [2.05, 4.69) is 16.7 Å². The molecule has 154 valence electrons. The first-order valence-electron chi connectivity index (χ1n) is 10.6. The highest BCUT2D eigenvalue weighted by atomic mass is 16.3. The molecule has 0 radical (unpaired) electrons. The molecule has 2 aliphatic carbocycles. The number of nitriles is 1. The number of benzene rings is 2. The van der Waals surface area contributed by atoms with Crippen molar-refractivity contribution in [3.63, 3.8) is 0 Å². The van der Waals surface area contributed by atoms with Crippen molar-refractivity contribution < 1.29 is 9.90 Å². The molecular formula is C25H27N3O2. The minimum absolute atomic E-state index is 0.0672. The first-order valence-corrected chi connectivity index (χ1v) is 10.6. The third kappa shape index (κ3) is 3.91. The zero-order valence-corrected chi connectivity index (χ0v) is 17.4. The molecule has 0 spiro atoms. The summed E-state index contributed by atoms with van der Waals surface area (Å²) in [5.41, 5.74) is 5.51. The number of fused-ring (bicyclic) bond motifs is 1. The number of hydrogen-bond acceptors (Lipinski definition) is 3. The lowest BCUT2D eigenvalue weighted by atomic mass is 9.65. The monoisotopic (exact) mass is 401 g/mol. The fourth-order valence-corrected chi connectivity index (χ4v) is 4.55. The zero-order valence-electron chi connectivity index (χ0n) is 17.4. The summed E-state index contributed by atoms with van der Waals surface area (Å²) in [5, 5.41) is 25.7. The number of amides is 2. The molecule has 30 heavy (non-hydrogen) atoms. The molecule has 0 aliphatic heterocycles. The quantitative estimate of drug-likeness (QED) is 0.647. The molecule has 0 heterocycles. The molecule has 5 heteroatoms. The molecule has 4 rings (SSSR count). The van der Waals surface area contributed by atoms with E-state index < -0.39 is 0 Å². The molecule has 2 aromatic rings. The fraction of sp³-hybridized carbons (Fsp3) is 0.360. The minimum atomic E-state index is -0.228. The second kappa shape index (κ2) is 8.23. The molecule has 0 bridgehead atoms. The molecule has 1 atom stereocenters. The Hall–Kier alpha value is -3.26. The van der Waals surface area contributed by atoms with Crippen molar-refractivity contribution in [2.75, 3.05) is 5.32 Å². The van der Waals surface area contributed by atoms with Crippen molar-refractivity contribution in [1.82, 2.24) is 5.32 Å². The van der Waals surface area contributed by atoms with E-state index >= 15 is 0 Å². The summed E-state index contributed by atoms with van der Waals surface area (Å²) in [6.45, 7) is 3.83. The van der Waals surface area contributed by atoms with Gasteiger partial charge in [0.15, 0.2) is 0 Å². The van der Waals surface area contributed by atoms with E-state index in [0.717, 1.165) is 34.4 Å². The third-order valence-electron chi connectivity index (χ3n) is 6.14. The third-order valence-corrected chi connectivity index (χ3v) is 6.14. The van der Waals surface area contributed by atoms with E-state index in [1.54, 1.807) is 12.1 Å². The first kappa shape index (κ1) is 20.0. The number of nitrogens with zero attached hydrogens (tertiary/aromatic N) is 1. The minimum Gasteiger partial charge on any atom is -0.508 e. The maximum absolute atomic E-state index is 12.0. The Bertz CT molecular complexity index is 1030. The second-order valence-corrected chi connectivity index (χ2v) is 8.57. The summed E-state index contributed by atoms with van der Waals surface area (Å²) < 4.78 is 0. The van der Waals surface area contributed by atoms with E-state index in [0.29, 0.717) is 11.5 Å². The molecular weight excluding hydrogens is 374 g/mol. The molecule has 1 fully saturated rings. The van der Waals surface area contributed by atoms with Crippen molar-refractivity contribution >= 4 is 22.9 Å². The number of urea groups is 1. The number of rotatable bonds is 4. The number of carbonyl (C=O) groups excluding carboxylic acids is 1. The lowest BCUT2D eigenvalue weighted by Crippen LogP contribution is -2.34. The van der Waals surface area contributed by atoms with Gasteiger partial charge >= 0.3 is 6.03 Å². The highest BCUT2D eigenvalue weighted by molar-refractivity contribution is 6.01. The average molecular weight is 402 g/mol. The number of carbonyl (C=O) groups is 1. The number of nitrogens with one attached hydrogen (secondary N) is 2. The van der Waals surface area contributed by atoms with Crippen LogP contribution in [0.25, 0.3) is 11.1 Å². The first-order chi connectivity index (χ1) is 14.5. The maximum atomic E-state index is 12.0. The van der Waals surface area contributed by atoms with Gasteiger partial charge in [0.2, 0.25) is 0 Å². The van der Waals surface area contributed by atoms with Crippen LogP contribution in [0.5, 0.6) is 5.75 Å². The van der Waals surface area contributed by atoms with Gasteiger partial charge in [-0.15, -0.1) is 0 Å². The molecule has 3 N–H and O–H groups in total. The van der Waals surface area contributed by atoms with Gasteiger partial charge in [-0.2, -0.15) is 5.26 Å². The van der Waals surface area contributed by atoms with Gasteiger partial charge in [0, 0.05) is 11.7 Å². The molecule has 1 saturated carbocycles. The van der Waals surface area contributed by atoms with Crippen molar-refractivity contribution in [3.05, 3.63) is 59.2 Å². The Balaban J connectivity index is 1.71. The van der Waals surface area contributed by atoms with Gasteiger partial charge < -0.3 is 15.7 Å². The fourth-order valence-electron chi connectivity index (χ4n) is 4.55.